The molecule has 0 spiro atoms. The molecule has 4 nitrogen and oxygen atoms in total. The number of hydrogen-bond acceptors (Lipinski definition) is 4. The second kappa shape index (κ2) is 9.37. The molecule has 31 heavy (non-hydrogen) atoms. The summed E-state index contributed by atoms with van der Waals surface area (Å²) in [6, 6.07) is 20.7. The summed E-state index contributed by atoms with van der Waals surface area (Å²) < 4.78 is 19.9. The van der Waals surface area contributed by atoms with Gasteiger partial charge in [-0.25, -0.2) is 4.39 Å². The Morgan fingerprint density at radius 3 is 2.45 bits per heavy atom. The van der Waals surface area contributed by atoms with Gasteiger partial charge in [-0.2, -0.15) is 0 Å². The highest BCUT2D eigenvalue weighted by molar-refractivity contribution is 8.18. The van der Waals surface area contributed by atoms with Crippen molar-refractivity contribution in [3.05, 3.63) is 105 Å². The van der Waals surface area contributed by atoms with Crippen LogP contribution in [0.5, 0.6) is 5.75 Å². The summed E-state index contributed by atoms with van der Waals surface area (Å²) in [6.45, 7) is 0.222. The number of carbonyl (C=O) groups excluding carboxylic acids is 2. The molecule has 0 atom stereocenters. The summed E-state index contributed by atoms with van der Waals surface area (Å²) in [5, 5.41) is 0.217. The fourth-order valence-corrected chi connectivity index (χ4v) is 4.00. The number of ether oxygens (including phenoxy) is 1. The lowest BCUT2D eigenvalue weighted by atomic mass is 10.1. The average molecular weight is 454 g/mol. The summed E-state index contributed by atoms with van der Waals surface area (Å²) in [5.74, 6) is -0.324. The molecule has 3 aromatic rings. The molecule has 156 valence electrons. The normalized spacial score (nSPS) is 15.0. The van der Waals surface area contributed by atoms with Crippen molar-refractivity contribution in [2.45, 2.75) is 13.2 Å². The van der Waals surface area contributed by atoms with E-state index in [0.29, 0.717) is 22.9 Å². The van der Waals surface area contributed by atoms with Gasteiger partial charge in [-0.05, 0) is 47.7 Å². The van der Waals surface area contributed by atoms with Crippen LogP contribution in [0.25, 0.3) is 6.08 Å². The summed E-state index contributed by atoms with van der Waals surface area (Å²) in [7, 11) is 0. The van der Waals surface area contributed by atoms with Gasteiger partial charge >= 0.3 is 0 Å². The van der Waals surface area contributed by atoms with E-state index < -0.39 is 17.0 Å². The molecule has 1 heterocycles. The van der Waals surface area contributed by atoms with Gasteiger partial charge in [0.1, 0.15) is 18.2 Å². The van der Waals surface area contributed by atoms with Crippen LogP contribution in [0.4, 0.5) is 9.18 Å². The van der Waals surface area contributed by atoms with Gasteiger partial charge in [0.2, 0.25) is 0 Å². The van der Waals surface area contributed by atoms with Gasteiger partial charge in [-0.3, -0.25) is 14.5 Å². The van der Waals surface area contributed by atoms with Crippen molar-refractivity contribution in [1.82, 2.24) is 4.90 Å². The Bertz CT molecular complexity index is 1160. The molecular formula is C24H17ClFNO3S. The number of hydrogen-bond donors (Lipinski definition) is 0. The van der Waals surface area contributed by atoms with Gasteiger partial charge in [-0.1, -0.05) is 60.1 Å². The average Bonchev–Trinajstić information content (AvgIpc) is 3.03. The van der Waals surface area contributed by atoms with E-state index in [4.69, 9.17) is 16.3 Å². The van der Waals surface area contributed by atoms with E-state index >= 15 is 0 Å². The number of nitrogens with zero attached hydrogens (tertiary/aromatic N) is 1. The summed E-state index contributed by atoms with van der Waals surface area (Å²) in [4.78, 5) is 26.5. The first-order valence-corrected chi connectivity index (χ1v) is 10.7. The summed E-state index contributed by atoms with van der Waals surface area (Å²) in [5.41, 5.74) is 1.91. The predicted octanol–water partition coefficient (Wildman–Crippen LogP) is 6.29. The van der Waals surface area contributed by atoms with E-state index in [0.717, 1.165) is 22.2 Å². The van der Waals surface area contributed by atoms with Crippen molar-refractivity contribution >= 4 is 40.6 Å². The minimum Gasteiger partial charge on any atom is -0.488 e. The number of benzene rings is 3. The van der Waals surface area contributed by atoms with Crippen molar-refractivity contribution in [2.75, 3.05) is 0 Å². The number of para-hydroxylation sites is 1. The van der Waals surface area contributed by atoms with Crippen LogP contribution in [-0.2, 0) is 17.9 Å². The number of thioether (sulfide) groups is 1. The molecule has 1 aliphatic rings. The molecule has 1 fully saturated rings. The molecule has 4 rings (SSSR count). The van der Waals surface area contributed by atoms with Gasteiger partial charge in [0.15, 0.2) is 0 Å². The second-order valence-electron chi connectivity index (χ2n) is 6.81. The number of amides is 2. The van der Waals surface area contributed by atoms with Crippen LogP contribution in [0.15, 0.2) is 77.7 Å². The van der Waals surface area contributed by atoms with Gasteiger partial charge in [0, 0.05) is 16.1 Å². The molecule has 2 amide bonds. The first-order valence-electron chi connectivity index (χ1n) is 9.46. The third-order valence-electron chi connectivity index (χ3n) is 4.67. The third kappa shape index (κ3) is 4.98. The van der Waals surface area contributed by atoms with Gasteiger partial charge in [-0.15, -0.1) is 0 Å². The quantitative estimate of drug-likeness (QED) is 0.411. The number of rotatable bonds is 6. The Balaban J connectivity index is 1.52. The number of halogens is 2. The highest BCUT2D eigenvalue weighted by atomic mass is 35.5. The molecule has 0 unspecified atom stereocenters. The molecule has 7 heteroatoms. The van der Waals surface area contributed by atoms with Crippen LogP contribution in [0.1, 0.15) is 16.7 Å². The number of imide groups is 1. The van der Waals surface area contributed by atoms with Crippen LogP contribution < -0.4 is 4.74 Å². The highest BCUT2D eigenvalue weighted by Crippen LogP contribution is 2.35. The first kappa shape index (κ1) is 21.2. The molecule has 1 aliphatic heterocycles. The molecule has 0 aromatic heterocycles. The van der Waals surface area contributed by atoms with E-state index in [1.165, 1.54) is 6.07 Å². The van der Waals surface area contributed by atoms with E-state index in [9.17, 15) is 14.0 Å². The van der Waals surface area contributed by atoms with Crippen molar-refractivity contribution in [2.24, 2.45) is 0 Å². The zero-order valence-corrected chi connectivity index (χ0v) is 17.8. The zero-order chi connectivity index (χ0) is 21.8. The maximum absolute atomic E-state index is 13.9. The van der Waals surface area contributed by atoms with Crippen molar-refractivity contribution in [3.63, 3.8) is 0 Å². The van der Waals surface area contributed by atoms with Crippen LogP contribution in [-0.4, -0.2) is 16.0 Å². The summed E-state index contributed by atoms with van der Waals surface area (Å²) in [6.07, 6.45) is 1.63. The molecule has 1 saturated heterocycles. The molecular weight excluding hydrogens is 437 g/mol. The lowest BCUT2D eigenvalue weighted by molar-refractivity contribution is -0.123. The summed E-state index contributed by atoms with van der Waals surface area (Å²) >= 11 is 6.74. The maximum Gasteiger partial charge on any atom is 0.293 e. The Labute approximate surface area is 188 Å². The van der Waals surface area contributed by atoms with Crippen LogP contribution in [0.3, 0.4) is 0 Å². The third-order valence-corrected chi connectivity index (χ3v) is 5.83. The van der Waals surface area contributed by atoms with Crippen molar-refractivity contribution in [1.29, 1.82) is 0 Å². The van der Waals surface area contributed by atoms with Gasteiger partial charge < -0.3 is 4.74 Å². The smallest absolute Gasteiger partial charge is 0.293 e. The Morgan fingerprint density at radius 1 is 0.968 bits per heavy atom. The lowest BCUT2D eigenvalue weighted by Crippen LogP contribution is -2.27. The molecule has 0 N–H and O–H groups in total. The Kier molecular flexibility index (Phi) is 6.39. The van der Waals surface area contributed by atoms with Crippen molar-refractivity contribution in [3.8, 4) is 5.75 Å². The maximum atomic E-state index is 13.9. The SMILES string of the molecule is O=C1S/C(=C\c2ccccc2OCc2ccc(Cl)cc2)C(=O)N1Cc1ccccc1F. The van der Waals surface area contributed by atoms with Crippen LogP contribution >= 0.6 is 23.4 Å². The second-order valence-corrected chi connectivity index (χ2v) is 8.24. The lowest BCUT2D eigenvalue weighted by Gasteiger charge is -2.13. The topological polar surface area (TPSA) is 46.6 Å². The Morgan fingerprint density at radius 2 is 1.68 bits per heavy atom. The minimum atomic E-state index is -0.453. The first-order chi connectivity index (χ1) is 15.0. The predicted molar refractivity (Wildman–Crippen MR) is 120 cm³/mol. The monoisotopic (exact) mass is 453 g/mol. The van der Waals surface area contributed by atoms with E-state index in [2.05, 4.69) is 0 Å². The molecule has 0 radical (unpaired) electrons. The highest BCUT2D eigenvalue weighted by Gasteiger charge is 2.35. The molecule has 0 bridgehead atoms. The Hall–Kier alpha value is -3.09. The van der Waals surface area contributed by atoms with E-state index in [1.807, 2.05) is 30.3 Å². The largest absolute Gasteiger partial charge is 0.488 e. The molecule has 3 aromatic carbocycles. The molecule has 0 aliphatic carbocycles. The van der Waals surface area contributed by atoms with Crippen LogP contribution in [0, 0.1) is 5.82 Å². The molecule has 0 saturated carbocycles. The fraction of sp³-hybridized carbons (Fsp3) is 0.0833. The standard InChI is InChI=1S/C24H17ClFNO3S/c25-19-11-9-16(10-12-19)15-30-21-8-4-2-5-17(21)13-22-23(28)27(24(29)31-22)14-18-6-1-3-7-20(18)26/h1-13H,14-15H2/b22-13-. The minimum absolute atomic E-state index is 0.108. The fourth-order valence-electron chi connectivity index (χ4n) is 3.05. The van der Waals surface area contributed by atoms with Gasteiger partial charge in [0.25, 0.3) is 11.1 Å². The van der Waals surface area contributed by atoms with Crippen LogP contribution in [0.2, 0.25) is 5.02 Å². The van der Waals surface area contributed by atoms with Crippen molar-refractivity contribution < 1.29 is 18.7 Å². The number of carbonyl (C=O) groups is 2. The van der Waals surface area contributed by atoms with Gasteiger partial charge in [0.05, 0.1) is 11.4 Å². The van der Waals surface area contributed by atoms with E-state index in [1.54, 1.807) is 42.5 Å². The van der Waals surface area contributed by atoms with E-state index in [-0.39, 0.29) is 17.0 Å². The zero-order valence-electron chi connectivity index (χ0n) is 16.3.